The van der Waals surface area contributed by atoms with Crippen LogP contribution in [0.15, 0.2) is 34.8 Å². The number of phenolic OH excluding ortho intramolecular Hbond substituents is 1. The van der Waals surface area contributed by atoms with Gasteiger partial charge in [0.25, 0.3) is 5.91 Å². The van der Waals surface area contributed by atoms with Gasteiger partial charge >= 0.3 is 6.09 Å². The number of carbonyl (C=O) groups is 4. The Morgan fingerprint density at radius 2 is 1.73 bits per heavy atom. The van der Waals surface area contributed by atoms with Crippen molar-refractivity contribution in [1.82, 2.24) is 4.90 Å². The van der Waals surface area contributed by atoms with Gasteiger partial charge in [-0.2, -0.15) is 0 Å². The Morgan fingerprint density at radius 1 is 1.12 bits per heavy atom. The molecule has 216 valence electrons. The lowest BCUT2D eigenvalue weighted by Gasteiger charge is -2.53. The van der Waals surface area contributed by atoms with Crippen LogP contribution in [0.25, 0.3) is 0 Å². The maximum atomic E-state index is 13.8. The number of likely N-dealkylation sites (N-methyl/N-ethyl adjacent to an activating group) is 1. The van der Waals surface area contributed by atoms with Crippen molar-refractivity contribution in [1.29, 1.82) is 0 Å². The van der Waals surface area contributed by atoms with Gasteiger partial charge in [0.2, 0.25) is 5.78 Å². The quantitative estimate of drug-likeness (QED) is 0.204. The maximum Gasteiger partial charge on any atom is 0.412 e. The number of hydrogen-bond donors (Lipinski definition) is 7. The number of rotatable bonds is 3. The molecular formula is C27H33N3O10. The van der Waals surface area contributed by atoms with Gasteiger partial charge in [-0.15, -0.1) is 0 Å². The zero-order chi connectivity index (χ0) is 30.2. The van der Waals surface area contributed by atoms with Crippen molar-refractivity contribution in [3.8, 4) is 5.75 Å². The third kappa shape index (κ3) is 4.03. The van der Waals surface area contributed by atoms with E-state index < -0.39 is 93.1 Å². The standard InChI is InChI=1S/C27H33N3O10/c1-9-10-7-8-11(29-25(38)40-26(2,3)4)18(31)13(10)19(32)14-12(9)20(33)16-17(30(5)6)21(34)15(24(28)37)23(36)27(16,39)22(14)35/h7-9,12,16-17,20,31,33-35,39H,1-6H3,(H2,28,37)(H,29,38)/t9-,12+,16+,17+,20+,27+/m1/s1. The van der Waals surface area contributed by atoms with Crippen LogP contribution in [0, 0.1) is 11.8 Å². The summed E-state index contributed by atoms with van der Waals surface area (Å²) in [6.45, 7) is 6.52. The van der Waals surface area contributed by atoms with Crippen molar-refractivity contribution in [2.45, 2.75) is 57.0 Å². The van der Waals surface area contributed by atoms with E-state index in [1.54, 1.807) is 27.7 Å². The number of fused-ring (bicyclic) bond motifs is 3. The van der Waals surface area contributed by atoms with Gasteiger partial charge in [-0.25, -0.2) is 4.79 Å². The highest BCUT2D eigenvalue weighted by molar-refractivity contribution is 6.25. The molecule has 3 aliphatic rings. The Morgan fingerprint density at radius 3 is 2.25 bits per heavy atom. The molecule has 0 fully saturated rings. The molecule has 6 atom stereocenters. The number of carbonyl (C=O) groups excluding carboxylic acids is 4. The highest BCUT2D eigenvalue weighted by Crippen LogP contribution is 2.56. The fourth-order valence-electron chi connectivity index (χ4n) is 6.14. The van der Waals surface area contributed by atoms with Gasteiger partial charge in [-0.1, -0.05) is 13.0 Å². The fourth-order valence-corrected chi connectivity index (χ4v) is 6.14. The highest BCUT2D eigenvalue weighted by Gasteiger charge is 2.67. The van der Waals surface area contributed by atoms with Crippen molar-refractivity contribution < 1.29 is 49.4 Å². The number of primary amides is 1. The van der Waals surface area contributed by atoms with Crippen molar-refractivity contribution in [2.24, 2.45) is 17.6 Å². The predicted molar refractivity (Wildman–Crippen MR) is 140 cm³/mol. The monoisotopic (exact) mass is 559 g/mol. The molecule has 0 heterocycles. The lowest BCUT2D eigenvalue weighted by molar-refractivity contribution is -0.162. The molecule has 0 unspecified atom stereocenters. The number of Topliss-reactive ketones (excluding diaryl/α,β-unsaturated/α-hetero) is 2. The molecule has 4 rings (SSSR count). The van der Waals surface area contributed by atoms with E-state index in [0.29, 0.717) is 0 Å². The smallest absolute Gasteiger partial charge is 0.412 e. The summed E-state index contributed by atoms with van der Waals surface area (Å²) in [7, 11) is 2.92. The summed E-state index contributed by atoms with van der Waals surface area (Å²) in [6.07, 6.45) is -2.60. The second-order valence-electron chi connectivity index (χ2n) is 11.6. The van der Waals surface area contributed by atoms with Crippen LogP contribution in [0.2, 0.25) is 0 Å². The van der Waals surface area contributed by atoms with Crippen molar-refractivity contribution in [2.75, 3.05) is 19.4 Å². The first kappa shape index (κ1) is 29.1. The number of benzene rings is 1. The second kappa shape index (κ2) is 9.32. The van der Waals surface area contributed by atoms with Gasteiger partial charge in [0, 0.05) is 11.5 Å². The van der Waals surface area contributed by atoms with Crippen LogP contribution in [-0.4, -0.2) is 91.4 Å². The Hall–Kier alpha value is -3.94. The lowest BCUT2D eigenvalue weighted by Crippen LogP contribution is -2.68. The van der Waals surface area contributed by atoms with Crippen LogP contribution in [0.1, 0.15) is 49.5 Å². The SMILES string of the molecule is C[C@@H]1c2ccc(NC(=O)OC(C)(C)C)c(O)c2C(=O)C2=C(O)[C@]3(O)C(=O)C(C(N)=O)=C(O)[C@@H](N(C)C)[C@H]3[C@@H](O)[C@H]21. The highest BCUT2D eigenvalue weighted by atomic mass is 16.6. The molecular weight excluding hydrogens is 526 g/mol. The zero-order valence-corrected chi connectivity index (χ0v) is 22.8. The third-order valence-electron chi connectivity index (χ3n) is 7.77. The molecule has 0 bridgehead atoms. The molecule has 0 saturated carbocycles. The number of aliphatic hydroxyl groups is 4. The summed E-state index contributed by atoms with van der Waals surface area (Å²) in [4.78, 5) is 53.0. The summed E-state index contributed by atoms with van der Waals surface area (Å²) < 4.78 is 5.19. The summed E-state index contributed by atoms with van der Waals surface area (Å²) in [6, 6.07) is 1.47. The number of anilines is 1. The fraction of sp³-hybridized carbons (Fsp3) is 0.481. The number of nitrogens with zero attached hydrogens (tertiary/aromatic N) is 1. The maximum absolute atomic E-state index is 13.8. The summed E-state index contributed by atoms with van der Waals surface area (Å²) in [5.41, 5.74) is -0.297. The van der Waals surface area contributed by atoms with Gasteiger partial charge < -0.3 is 36.0 Å². The number of amides is 2. The van der Waals surface area contributed by atoms with E-state index in [2.05, 4.69) is 5.32 Å². The molecule has 0 spiro atoms. The van der Waals surface area contributed by atoms with Gasteiger partial charge in [0.05, 0.1) is 29.3 Å². The average molecular weight is 560 g/mol. The number of nitrogens with two attached hydrogens (primary N) is 1. The van der Waals surface area contributed by atoms with Crippen molar-refractivity contribution >= 4 is 29.3 Å². The normalized spacial score (nSPS) is 30.1. The Kier molecular flexibility index (Phi) is 6.77. The van der Waals surface area contributed by atoms with E-state index in [4.69, 9.17) is 10.5 Å². The number of hydrogen-bond acceptors (Lipinski definition) is 11. The first-order valence-electron chi connectivity index (χ1n) is 12.5. The molecule has 40 heavy (non-hydrogen) atoms. The van der Waals surface area contributed by atoms with E-state index >= 15 is 0 Å². The van der Waals surface area contributed by atoms with Gasteiger partial charge in [0.15, 0.2) is 17.1 Å². The Labute approximate surface area is 229 Å². The van der Waals surface area contributed by atoms with Gasteiger partial charge in [-0.3, -0.25) is 24.6 Å². The Balaban J connectivity index is 1.92. The zero-order valence-electron chi connectivity index (χ0n) is 22.8. The first-order chi connectivity index (χ1) is 18.4. The molecule has 0 radical (unpaired) electrons. The second-order valence-corrected chi connectivity index (χ2v) is 11.6. The number of aliphatic hydroxyl groups excluding tert-OH is 3. The van der Waals surface area contributed by atoms with Crippen LogP contribution in [0.4, 0.5) is 10.5 Å². The van der Waals surface area contributed by atoms with E-state index in [1.807, 2.05) is 0 Å². The largest absolute Gasteiger partial charge is 0.510 e. The number of phenols is 1. The molecule has 0 saturated heterocycles. The summed E-state index contributed by atoms with van der Waals surface area (Å²) in [5, 5.41) is 58.9. The number of aromatic hydroxyl groups is 1. The molecule has 8 N–H and O–H groups in total. The summed E-state index contributed by atoms with van der Waals surface area (Å²) >= 11 is 0. The van der Waals surface area contributed by atoms with Gasteiger partial charge in [-0.05, 0) is 52.4 Å². The van der Waals surface area contributed by atoms with Crippen LogP contribution < -0.4 is 11.1 Å². The molecule has 1 aromatic rings. The van der Waals surface area contributed by atoms with Crippen molar-refractivity contribution in [3.63, 3.8) is 0 Å². The van der Waals surface area contributed by atoms with E-state index in [0.717, 1.165) is 0 Å². The molecule has 1 aromatic carbocycles. The molecule has 13 nitrogen and oxygen atoms in total. The minimum Gasteiger partial charge on any atom is -0.510 e. The minimum absolute atomic E-state index is 0.176. The van der Waals surface area contributed by atoms with E-state index in [1.165, 1.54) is 31.1 Å². The summed E-state index contributed by atoms with van der Waals surface area (Å²) in [5.74, 6) is -9.98. The molecule has 0 aliphatic heterocycles. The van der Waals surface area contributed by atoms with Crippen LogP contribution in [0.5, 0.6) is 5.75 Å². The predicted octanol–water partition coefficient (Wildman–Crippen LogP) is 0.999. The first-order valence-corrected chi connectivity index (χ1v) is 12.5. The van der Waals surface area contributed by atoms with Crippen molar-refractivity contribution in [3.05, 3.63) is 45.9 Å². The number of ether oxygens (including phenoxy) is 1. The van der Waals surface area contributed by atoms with Crippen LogP contribution >= 0.6 is 0 Å². The van der Waals surface area contributed by atoms with E-state index in [-0.39, 0.29) is 16.8 Å². The molecule has 3 aliphatic carbocycles. The van der Waals surface area contributed by atoms with Crippen LogP contribution in [0.3, 0.4) is 0 Å². The third-order valence-corrected chi connectivity index (χ3v) is 7.77. The molecule has 0 aromatic heterocycles. The Bertz CT molecular complexity index is 1410. The average Bonchev–Trinajstić information content (AvgIpc) is 2.81. The topological polar surface area (TPSA) is 220 Å². The van der Waals surface area contributed by atoms with E-state index in [9.17, 15) is 44.7 Å². The molecule has 2 amide bonds. The number of nitrogens with one attached hydrogen (secondary N) is 1. The van der Waals surface area contributed by atoms with Crippen LogP contribution in [-0.2, 0) is 14.3 Å². The van der Waals surface area contributed by atoms with Gasteiger partial charge in [0.1, 0.15) is 22.7 Å². The lowest BCUT2D eigenvalue weighted by atomic mass is 9.55. The molecule has 13 heteroatoms. The number of ketones is 2. The minimum atomic E-state index is -3.01.